The molecule has 1 aromatic heterocycles. The zero-order valence-corrected chi connectivity index (χ0v) is 8.62. The second-order valence-electron chi connectivity index (χ2n) is 3.17. The number of benzene rings is 1. The second kappa shape index (κ2) is 4.52. The summed E-state index contributed by atoms with van der Waals surface area (Å²) in [5, 5.41) is 8.89. The van der Waals surface area contributed by atoms with Crippen LogP contribution in [0.3, 0.4) is 0 Å². The van der Waals surface area contributed by atoms with Gasteiger partial charge in [0, 0.05) is 0 Å². The van der Waals surface area contributed by atoms with Crippen molar-refractivity contribution >= 4 is 11.9 Å². The van der Waals surface area contributed by atoms with Crippen molar-refractivity contribution in [2.75, 3.05) is 0 Å². The maximum atomic E-state index is 11.5. The van der Waals surface area contributed by atoms with Crippen LogP contribution in [0.1, 0.15) is 20.9 Å². The molecule has 5 nitrogen and oxygen atoms in total. The van der Waals surface area contributed by atoms with Crippen LogP contribution in [0.25, 0.3) is 0 Å². The van der Waals surface area contributed by atoms with E-state index in [1.807, 2.05) is 0 Å². The van der Waals surface area contributed by atoms with Gasteiger partial charge in [0.1, 0.15) is 11.3 Å². The zero-order chi connectivity index (χ0) is 12.3. The minimum absolute atomic E-state index is 0.0126. The molecule has 0 spiro atoms. The second-order valence-corrected chi connectivity index (χ2v) is 3.17. The Balaban J connectivity index is 2.25. The van der Waals surface area contributed by atoms with Gasteiger partial charge in [0.25, 0.3) is 0 Å². The number of hydrogen-bond donors (Lipinski definition) is 1. The number of hydrogen-bond acceptors (Lipinski definition) is 4. The first-order chi connectivity index (χ1) is 8.18. The van der Waals surface area contributed by atoms with E-state index in [9.17, 15) is 9.59 Å². The summed E-state index contributed by atoms with van der Waals surface area (Å²) < 4.78 is 9.78. The lowest BCUT2D eigenvalue weighted by Crippen LogP contribution is -2.10. The Kier molecular flexibility index (Phi) is 2.91. The van der Waals surface area contributed by atoms with Gasteiger partial charge in [-0.05, 0) is 24.3 Å². The maximum absolute atomic E-state index is 11.5. The summed E-state index contributed by atoms with van der Waals surface area (Å²) >= 11 is 0. The van der Waals surface area contributed by atoms with Crippen molar-refractivity contribution in [2.24, 2.45) is 0 Å². The first kappa shape index (κ1) is 10.9. The van der Waals surface area contributed by atoms with Crippen molar-refractivity contribution in [3.05, 3.63) is 54.0 Å². The molecule has 86 valence electrons. The van der Waals surface area contributed by atoms with E-state index in [1.165, 1.54) is 24.5 Å². The zero-order valence-electron chi connectivity index (χ0n) is 8.62. The van der Waals surface area contributed by atoms with Crippen LogP contribution in [0.15, 0.2) is 47.1 Å². The maximum Gasteiger partial charge on any atom is 0.379 e. The van der Waals surface area contributed by atoms with E-state index in [1.54, 1.807) is 18.2 Å². The van der Waals surface area contributed by atoms with Gasteiger partial charge in [-0.25, -0.2) is 9.59 Å². The molecular formula is C12H8O5. The lowest BCUT2D eigenvalue weighted by Gasteiger charge is -2.05. The minimum Gasteiger partial charge on any atom is -0.478 e. The van der Waals surface area contributed by atoms with E-state index in [-0.39, 0.29) is 17.1 Å². The summed E-state index contributed by atoms with van der Waals surface area (Å²) in [5.41, 5.74) is -0.0765. The molecule has 0 aliphatic heterocycles. The summed E-state index contributed by atoms with van der Waals surface area (Å²) in [6, 6.07) is 8.87. The van der Waals surface area contributed by atoms with Crippen LogP contribution in [0.2, 0.25) is 0 Å². The van der Waals surface area contributed by atoms with Gasteiger partial charge in [0.15, 0.2) is 0 Å². The lowest BCUT2D eigenvalue weighted by atomic mass is 10.2. The molecule has 5 heteroatoms. The average molecular weight is 232 g/mol. The van der Waals surface area contributed by atoms with Crippen LogP contribution >= 0.6 is 0 Å². The third-order valence-electron chi connectivity index (χ3n) is 2.04. The van der Waals surface area contributed by atoms with E-state index >= 15 is 0 Å². The van der Waals surface area contributed by atoms with Crippen molar-refractivity contribution in [1.29, 1.82) is 0 Å². The predicted octanol–water partition coefficient (Wildman–Crippen LogP) is 2.20. The topological polar surface area (TPSA) is 76.7 Å². The van der Waals surface area contributed by atoms with E-state index in [4.69, 9.17) is 14.3 Å². The minimum atomic E-state index is -1.16. The Bertz CT molecular complexity index is 542. The molecule has 0 aliphatic carbocycles. The number of esters is 1. The van der Waals surface area contributed by atoms with Gasteiger partial charge in [-0.15, -0.1) is 0 Å². The van der Waals surface area contributed by atoms with Crippen molar-refractivity contribution in [3.63, 3.8) is 0 Å². The molecule has 1 heterocycles. The summed E-state index contributed by atoms with van der Waals surface area (Å²) in [7, 11) is 0. The lowest BCUT2D eigenvalue weighted by molar-refractivity contribution is 0.0670. The predicted molar refractivity (Wildman–Crippen MR) is 57.1 cm³/mol. The summed E-state index contributed by atoms with van der Waals surface area (Å²) in [5.74, 6) is -1.89. The average Bonchev–Trinajstić information content (AvgIpc) is 2.83. The largest absolute Gasteiger partial charge is 0.478 e. The molecule has 17 heavy (non-hydrogen) atoms. The van der Waals surface area contributed by atoms with Crippen LogP contribution in [0.4, 0.5) is 0 Å². The highest BCUT2D eigenvalue weighted by molar-refractivity contribution is 5.94. The fraction of sp³-hybridized carbons (Fsp3) is 0. The molecule has 0 atom stereocenters. The smallest absolute Gasteiger partial charge is 0.379 e. The number of carboxylic acid groups (broad SMARTS) is 1. The monoisotopic (exact) mass is 232 g/mol. The molecule has 0 amide bonds. The number of furan rings is 1. The van der Waals surface area contributed by atoms with Gasteiger partial charge in [-0.3, -0.25) is 0 Å². The molecule has 1 N–H and O–H groups in total. The number of ether oxygens (including phenoxy) is 1. The first-order valence-corrected chi connectivity index (χ1v) is 4.76. The quantitative estimate of drug-likeness (QED) is 0.648. The van der Waals surface area contributed by atoms with Gasteiger partial charge in [0.2, 0.25) is 5.76 Å². The number of carbonyl (C=O) groups excluding carboxylic acids is 1. The standard InChI is InChI=1S/C12H8O5/c13-11(14)8-4-1-2-5-9(8)17-12(15)10-6-3-7-16-10/h1-7H,(H,13,14). The molecule has 0 saturated carbocycles. The van der Waals surface area contributed by atoms with Crippen molar-refractivity contribution in [1.82, 2.24) is 0 Å². The van der Waals surface area contributed by atoms with Crippen LogP contribution in [0.5, 0.6) is 5.75 Å². The Morgan fingerprint density at radius 2 is 1.88 bits per heavy atom. The van der Waals surface area contributed by atoms with E-state index in [0.29, 0.717) is 0 Å². The van der Waals surface area contributed by atoms with E-state index in [2.05, 4.69) is 0 Å². The highest BCUT2D eigenvalue weighted by Crippen LogP contribution is 2.19. The molecule has 0 radical (unpaired) electrons. The summed E-state index contributed by atoms with van der Waals surface area (Å²) in [6.45, 7) is 0. The molecular weight excluding hydrogens is 224 g/mol. The molecule has 2 aromatic rings. The van der Waals surface area contributed by atoms with Gasteiger partial charge in [-0.1, -0.05) is 12.1 Å². The molecule has 0 saturated heterocycles. The third kappa shape index (κ3) is 2.34. The fourth-order valence-electron chi connectivity index (χ4n) is 1.28. The van der Waals surface area contributed by atoms with Crippen LogP contribution in [0, 0.1) is 0 Å². The first-order valence-electron chi connectivity index (χ1n) is 4.76. The van der Waals surface area contributed by atoms with Gasteiger partial charge in [-0.2, -0.15) is 0 Å². The molecule has 0 bridgehead atoms. The van der Waals surface area contributed by atoms with E-state index in [0.717, 1.165) is 0 Å². The van der Waals surface area contributed by atoms with Crippen LogP contribution in [-0.2, 0) is 0 Å². The van der Waals surface area contributed by atoms with Crippen molar-refractivity contribution < 1.29 is 23.8 Å². The van der Waals surface area contributed by atoms with Crippen molar-refractivity contribution in [2.45, 2.75) is 0 Å². The molecule has 2 rings (SSSR count). The van der Waals surface area contributed by atoms with Crippen LogP contribution in [-0.4, -0.2) is 17.0 Å². The van der Waals surface area contributed by atoms with Crippen LogP contribution < -0.4 is 4.74 Å². The highest BCUT2D eigenvalue weighted by atomic mass is 16.5. The number of rotatable bonds is 3. The number of aromatic carboxylic acids is 1. The highest BCUT2D eigenvalue weighted by Gasteiger charge is 2.16. The van der Waals surface area contributed by atoms with Crippen molar-refractivity contribution in [3.8, 4) is 5.75 Å². The Morgan fingerprint density at radius 1 is 1.12 bits per heavy atom. The number of carbonyl (C=O) groups is 2. The van der Waals surface area contributed by atoms with Gasteiger partial charge >= 0.3 is 11.9 Å². The Hall–Kier alpha value is -2.56. The summed E-state index contributed by atoms with van der Waals surface area (Å²) in [4.78, 5) is 22.4. The molecule has 0 fully saturated rings. The normalized spacial score (nSPS) is 9.88. The number of para-hydroxylation sites is 1. The van der Waals surface area contributed by atoms with E-state index < -0.39 is 11.9 Å². The number of carboxylic acids is 1. The summed E-state index contributed by atoms with van der Waals surface area (Å²) in [6.07, 6.45) is 1.33. The van der Waals surface area contributed by atoms with Gasteiger partial charge in [0.05, 0.1) is 6.26 Å². The molecule has 1 aromatic carbocycles. The SMILES string of the molecule is O=C(Oc1ccccc1C(=O)O)c1ccco1. The Morgan fingerprint density at radius 3 is 2.53 bits per heavy atom. The van der Waals surface area contributed by atoms with Gasteiger partial charge < -0.3 is 14.3 Å². The third-order valence-corrected chi connectivity index (χ3v) is 2.04. The fourth-order valence-corrected chi connectivity index (χ4v) is 1.28. The Labute approximate surface area is 96.2 Å². The molecule has 0 aliphatic rings. The molecule has 0 unspecified atom stereocenters.